The maximum absolute atomic E-state index is 11.7. The van der Waals surface area contributed by atoms with Crippen LogP contribution in [0.15, 0.2) is 18.2 Å². The quantitative estimate of drug-likeness (QED) is 0.819. The number of benzene rings is 1. The minimum atomic E-state index is -0.623. The summed E-state index contributed by atoms with van der Waals surface area (Å²) < 4.78 is 5.60. The Morgan fingerprint density at radius 1 is 1.65 bits per heavy atom. The van der Waals surface area contributed by atoms with Crippen LogP contribution in [0.3, 0.4) is 0 Å². The topological polar surface area (TPSA) is 58.6 Å². The first-order chi connectivity index (χ1) is 9.61. The van der Waals surface area contributed by atoms with E-state index >= 15 is 0 Å². The smallest absolute Gasteiger partial charge is 0.261 e. The number of aliphatic hydroxyl groups is 1. The number of terminal acetylenes is 1. The Morgan fingerprint density at radius 2 is 2.45 bits per heavy atom. The molecule has 0 bridgehead atoms. The molecule has 1 aliphatic rings. The van der Waals surface area contributed by atoms with E-state index in [1.54, 1.807) is 6.92 Å². The molecule has 1 aromatic carbocycles. The van der Waals surface area contributed by atoms with Gasteiger partial charge in [-0.25, -0.2) is 0 Å². The lowest BCUT2D eigenvalue weighted by Crippen LogP contribution is -2.36. The number of hydrogen-bond donors (Lipinski definition) is 2. The van der Waals surface area contributed by atoms with E-state index in [4.69, 9.17) is 11.2 Å². The van der Waals surface area contributed by atoms with Gasteiger partial charge in [-0.1, -0.05) is 12.0 Å². The molecular formula is C16H19NO3. The Kier molecular flexibility index (Phi) is 4.65. The second kappa shape index (κ2) is 6.44. The van der Waals surface area contributed by atoms with Crippen LogP contribution in [0.1, 0.15) is 37.0 Å². The third-order valence-electron chi connectivity index (χ3n) is 3.45. The lowest BCUT2D eigenvalue weighted by molar-refractivity contribution is -0.126. The molecule has 4 heteroatoms. The standard InChI is InChI=1S/C16H19NO3/c1-3-9-17-16(19)11(2)20-13-8-7-12-5-4-6-15(18)14(12)10-13/h1,7-8,10-11,15,18H,4-6,9H2,2H3,(H,17,19)/t11?,15-/m0/s1. The van der Waals surface area contributed by atoms with E-state index in [0.29, 0.717) is 5.75 Å². The van der Waals surface area contributed by atoms with Gasteiger partial charge < -0.3 is 15.2 Å². The average molecular weight is 273 g/mol. The van der Waals surface area contributed by atoms with Gasteiger partial charge in [0, 0.05) is 0 Å². The highest BCUT2D eigenvalue weighted by atomic mass is 16.5. The summed E-state index contributed by atoms with van der Waals surface area (Å²) >= 11 is 0. The summed E-state index contributed by atoms with van der Waals surface area (Å²) in [6.07, 6.45) is 6.78. The second-order valence-corrected chi connectivity index (χ2v) is 4.95. The van der Waals surface area contributed by atoms with Gasteiger partial charge in [-0.05, 0) is 49.4 Å². The molecule has 0 aliphatic heterocycles. The average Bonchev–Trinajstić information content (AvgIpc) is 2.45. The van der Waals surface area contributed by atoms with E-state index in [2.05, 4.69) is 11.2 Å². The molecule has 4 nitrogen and oxygen atoms in total. The molecule has 20 heavy (non-hydrogen) atoms. The van der Waals surface area contributed by atoms with Gasteiger partial charge in [-0.15, -0.1) is 6.42 Å². The summed E-state index contributed by atoms with van der Waals surface area (Å²) in [6.45, 7) is 1.86. The van der Waals surface area contributed by atoms with Crippen LogP contribution < -0.4 is 10.1 Å². The number of aliphatic hydroxyl groups excluding tert-OH is 1. The zero-order chi connectivity index (χ0) is 14.5. The molecule has 1 unspecified atom stereocenters. The fourth-order valence-electron chi connectivity index (χ4n) is 2.37. The van der Waals surface area contributed by atoms with Crippen molar-refractivity contribution < 1.29 is 14.6 Å². The Labute approximate surface area is 119 Å². The summed E-state index contributed by atoms with van der Waals surface area (Å²) in [5, 5.41) is 12.6. The molecule has 2 atom stereocenters. The first-order valence-electron chi connectivity index (χ1n) is 6.80. The van der Waals surface area contributed by atoms with E-state index in [1.165, 1.54) is 0 Å². The molecular weight excluding hydrogens is 254 g/mol. The molecule has 2 rings (SSSR count). The zero-order valence-corrected chi connectivity index (χ0v) is 11.6. The number of rotatable bonds is 4. The number of nitrogens with one attached hydrogen (secondary N) is 1. The van der Waals surface area contributed by atoms with E-state index in [-0.39, 0.29) is 12.5 Å². The van der Waals surface area contributed by atoms with Gasteiger partial charge in [0.15, 0.2) is 6.10 Å². The van der Waals surface area contributed by atoms with E-state index in [9.17, 15) is 9.90 Å². The van der Waals surface area contributed by atoms with Gasteiger partial charge in [0.25, 0.3) is 5.91 Å². The van der Waals surface area contributed by atoms with Crippen LogP contribution in [0.25, 0.3) is 0 Å². The van der Waals surface area contributed by atoms with Crippen molar-refractivity contribution in [3.8, 4) is 18.1 Å². The van der Waals surface area contributed by atoms with Crippen LogP contribution in [0.5, 0.6) is 5.75 Å². The molecule has 0 radical (unpaired) electrons. The molecule has 0 saturated heterocycles. The minimum Gasteiger partial charge on any atom is -0.481 e. The minimum absolute atomic E-state index is 0.190. The zero-order valence-electron chi connectivity index (χ0n) is 11.6. The number of amides is 1. The van der Waals surface area contributed by atoms with Crippen molar-refractivity contribution in [2.45, 2.75) is 38.4 Å². The third kappa shape index (κ3) is 3.31. The summed E-state index contributed by atoms with van der Waals surface area (Å²) in [6, 6.07) is 5.62. The number of carbonyl (C=O) groups is 1. The van der Waals surface area contributed by atoms with Gasteiger partial charge in [0.05, 0.1) is 12.6 Å². The number of ether oxygens (including phenoxy) is 1. The highest BCUT2D eigenvalue weighted by Crippen LogP contribution is 2.32. The Bertz CT molecular complexity index is 533. The third-order valence-corrected chi connectivity index (χ3v) is 3.45. The molecule has 1 amide bonds. The van der Waals surface area contributed by atoms with Crippen LogP contribution >= 0.6 is 0 Å². The largest absolute Gasteiger partial charge is 0.481 e. The van der Waals surface area contributed by atoms with Crippen LogP contribution in [-0.2, 0) is 11.2 Å². The predicted octanol–water partition coefficient (Wildman–Crippen LogP) is 1.57. The molecule has 0 heterocycles. The number of carbonyl (C=O) groups excluding carboxylic acids is 1. The molecule has 2 N–H and O–H groups in total. The molecule has 106 valence electrons. The second-order valence-electron chi connectivity index (χ2n) is 4.95. The van der Waals surface area contributed by atoms with Crippen LogP contribution in [0.2, 0.25) is 0 Å². The Balaban J connectivity index is 2.05. The maximum atomic E-state index is 11.7. The number of aryl methyl sites for hydroxylation is 1. The summed E-state index contributed by atoms with van der Waals surface area (Å²) in [5.74, 6) is 2.69. The van der Waals surface area contributed by atoms with Gasteiger partial charge in [0.1, 0.15) is 5.75 Å². The van der Waals surface area contributed by atoms with Crippen molar-refractivity contribution >= 4 is 5.91 Å². The molecule has 0 aromatic heterocycles. The highest BCUT2D eigenvalue weighted by Gasteiger charge is 2.20. The number of fused-ring (bicyclic) bond motifs is 1. The predicted molar refractivity (Wildman–Crippen MR) is 76.3 cm³/mol. The summed E-state index contributed by atoms with van der Waals surface area (Å²) in [5.41, 5.74) is 2.06. The van der Waals surface area contributed by atoms with E-state index in [0.717, 1.165) is 30.4 Å². The summed E-state index contributed by atoms with van der Waals surface area (Å²) in [4.78, 5) is 11.7. The van der Waals surface area contributed by atoms with Gasteiger partial charge in [-0.3, -0.25) is 4.79 Å². The SMILES string of the molecule is C#CCNC(=O)C(C)Oc1ccc2c(c1)[C@@H](O)CCC2. The monoisotopic (exact) mass is 273 g/mol. The number of hydrogen-bond acceptors (Lipinski definition) is 3. The molecule has 0 saturated carbocycles. The van der Waals surface area contributed by atoms with Gasteiger partial charge >= 0.3 is 0 Å². The summed E-state index contributed by atoms with van der Waals surface area (Å²) in [7, 11) is 0. The lowest BCUT2D eigenvalue weighted by atomic mass is 9.89. The van der Waals surface area contributed by atoms with Crippen molar-refractivity contribution in [1.29, 1.82) is 0 Å². The molecule has 0 spiro atoms. The van der Waals surface area contributed by atoms with Crippen molar-refractivity contribution in [2.24, 2.45) is 0 Å². The van der Waals surface area contributed by atoms with Gasteiger partial charge in [0.2, 0.25) is 0 Å². The Hall–Kier alpha value is -1.99. The normalized spacial score (nSPS) is 18.6. The van der Waals surface area contributed by atoms with Crippen molar-refractivity contribution in [2.75, 3.05) is 6.54 Å². The van der Waals surface area contributed by atoms with Crippen molar-refractivity contribution in [3.05, 3.63) is 29.3 Å². The molecule has 0 fully saturated rings. The van der Waals surface area contributed by atoms with Crippen LogP contribution in [0.4, 0.5) is 0 Å². The highest BCUT2D eigenvalue weighted by molar-refractivity contribution is 5.80. The fourth-order valence-corrected chi connectivity index (χ4v) is 2.37. The Morgan fingerprint density at radius 3 is 3.20 bits per heavy atom. The van der Waals surface area contributed by atoms with Crippen LogP contribution in [0, 0.1) is 12.3 Å². The lowest BCUT2D eigenvalue weighted by Gasteiger charge is -2.22. The molecule has 1 aromatic rings. The fraction of sp³-hybridized carbons (Fsp3) is 0.438. The first kappa shape index (κ1) is 14.4. The van der Waals surface area contributed by atoms with E-state index < -0.39 is 12.2 Å². The van der Waals surface area contributed by atoms with Crippen molar-refractivity contribution in [1.82, 2.24) is 5.32 Å². The maximum Gasteiger partial charge on any atom is 0.261 e. The van der Waals surface area contributed by atoms with Crippen molar-refractivity contribution in [3.63, 3.8) is 0 Å². The van der Waals surface area contributed by atoms with Crippen LogP contribution in [-0.4, -0.2) is 23.7 Å². The molecule has 1 aliphatic carbocycles. The van der Waals surface area contributed by atoms with E-state index in [1.807, 2.05) is 18.2 Å². The van der Waals surface area contributed by atoms with Gasteiger partial charge in [-0.2, -0.15) is 0 Å². The first-order valence-corrected chi connectivity index (χ1v) is 6.80.